The Kier molecular flexibility index (Phi) is 5.02. The third kappa shape index (κ3) is 3.30. The van der Waals surface area contributed by atoms with E-state index in [0.29, 0.717) is 5.69 Å². The molecule has 2 aromatic carbocycles. The fourth-order valence-electron chi connectivity index (χ4n) is 3.58. The van der Waals surface area contributed by atoms with Crippen LogP contribution in [0.15, 0.2) is 82.5 Å². The van der Waals surface area contributed by atoms with Gasteiger partial charge in [-0.1, -0.05) is 60.7 Å². The number of nitrogens with one attached hydrogen (secondary N) is 1. The average Bonchev–Trinajstić information content (AvgIpc) is 2.77. The number of hydrogen-bond donors (Lipinski definition) is 1. The zero-order chi connectivity index (χ0) is 21.3. The number of aromatic nitrogens is 3. The molecule has 0 spiro atoms. The van der Waals surface area contributed by atoms with E-state index in [1.54, 1.807) is 13.1 Å². The molecule has 4 aromatic rings. The molecule has 2 aromatic heterocycles. The number of hydrogen-bond acceptors (Lipinski definition) is 4. The lowest BCUT2D eigenvalue weighted by Crippen LogP contribution is -2.37. The van der Waals surface area contributed by atoms with E-state index >= 15 is 0 Å². The van der Waals surface area contributed by atoms with Gasteiger partial charge in [0.15, 0.2) is 5.65 Å². The number of fused-ring (bicyclic) bond motifs is 1. The summed E-state index contributed by atoms with van der Waals surface area (Å²) in [6.07, 6.45) is 1.47. The summed E-state index contributed by atoms with van der Waals surface area (Å²) in [6.45, 7) is 0. The van der Waals surface area contributed by atoms with Crippen molar-refractivity contribution in [3.8, 4) is 0 Å². The fourth-order valence-corrected chi connectivity index (χ4v) is 3.58. The van der Waals surface area contributed by atoms with Gasteiger partial charge in [-0.2, -0.15) is 0 Å². The first-order valence-corrected chi connectivity index (χ1v) is 9.44. The van der Waals surface area contributed by atoms with Crippen molar-refractivity contribution in [3.05, 3.63) is 105 Å². The van der Waals surface area contributed by atoms with Gasteiger partial charge in [0.25, 0.3) is 5.56 Å². The Morgan fingerprint density at radius 1 is 0.867 bits per heavy atom. The van der Waals surface area contributed by atoms with E-state index in [9.17, 15) is 14.4 Å². The first kappa shape index (κ1) is 19.3. The van der Waals surface area contributed by atoms with Crippen molar-refractivity contribution in [2.45, 2.75) is 5.92 Å². The SMILES string of the molecule is Cn1c(=O)c2c(NC(=O)C(c3ccccc3)c3ccccc3)ccnc2n(C)c1=O. The first-order valence-electron chi connectivity index (χ1n) is 9.44. The number of amides is 1. The summed E-state index contributed by atoms with van der Waals surface area (Å²) in [5.74, 6) is -0.845. The number of carbonyl (C=O) groups excluding carboxylic acids is 1. The highest BCUT2D eigenvalue weighted by atomic mass is 16.2. The zero-order valence-electron chi connectivity index (χ0n) is 16.6. The van der Waals surface area contributed by atoms with Crippen LogP contribution in [-0.2, 0) is 18.9 Å². The van der Waals surface area contributed by atoms with Crippen LogP contribution in [0.1, 0.15) is 17.0 Å². The molecule has 30 heavy (non-hydrogen) atoms. The summed E-state index contributed by atoms with van der Waals surface area (Å²) < 4.78 is 2.30. The summed E-state index contributed by atoms with van der Waals surface area (Å²) in [7, 11) is 2.94. The molecule has 0 aliphatic rings. The maximum Gasteiger partial charge on any atom is 0.332 e. The van der Waals surface area contributed by atoms with E-state index in [-0.39, 0.29) is 16.9 Å². The van der Waals surface area contributed by atoms with Gasteiger partial charge in [0.05, 0.1) is 11.6 Å². The number of nitrogens with zero attached hydrogens (tertiary/aromatic N) is 3. The molecule has 0 atom stereocenters. The second kappa shape index (κ2) is 7.79. The predicted molar refractivity (Wildman–Crippen MR) is 116 cm³/mol. The van der Waals surface area contributed by atoms with Gasteiger partial charge in [0, 0.05) is 20.3 Å². The molecule has 1 amide bonds. The van der Waals surface area contributed by atoms with Gasteiger partial charge in [-0.15, -0.1) is 0 Å². The molecule has 0 fully saturated rings. The summed E-state index contributed by atoms with van der Waals surface area (Å²) in [5, 5.41) is 3.08. The van der Waals surface area contributed by atoms with Gasteiger partial charge < -0.3 is 5.32 Å². The lowest BCUT2D eigenvalue weighted by atomic mass is 9.90. The van der Waals surface area contributed by atoms with Gasteiger partial charge >= 0.3 is 5.69 Å². The molecule has 0 saturated carbocycles. The molecule has 7 nitrogen and oxygen atoms in total. The van der Waals surface area contributed by atoms with Crippen LogP contribution in [0.25, 0.3) is 11.0 Å². The lowest BCUT2D eigenvalue weighted by molar-refractivity contribution is -0.116. The number of anilines is 1. The van der Waals surface area contributed by atoms with Crippen LogP contribution in [0, 0.1) is 0 Å². The minimum Gasteiger partial charge on any atom is -0.324 e. The highest BCUT2D eigenvalue weighted by Gasteiger charge is 2.24. The van der Waals surface area contributed by atoms with Gasteiger partial charge in [0.1, 0.15) is 5.39 Å². The van der Waals surface area contributed by atoms with Crippen molar-refractivity contribution in [2.24, 2.45) is 14.1 Å². The summed E-state index contributed by atoms with van der Waals surface area (Å²) in [5.41, 5.74) is 1.22. The number of pyridine rings is 1. The molecule has 0 saturated heterocycles. The minimum absolute atomic E-state index is 0.190. The third-order valence-corrected chi connectivity index (χ3v) is 5.13. The fraction of sp³-hybridized carbons (Fsp3) is 0.130. The zero-order valence-corrected chi connectivity index (χ0v) is 16.6. The van der Waals surface area contributed by atoms with Crippen LogP contribution in [0.4, 0.5) is 5.69 Å². The molecule has 150 valence electrons. The lowest BCUT2D eigenvalue weighted by Gasteiger charge is -2.19. The van der Waals surface area contributed by atoms with Gasteiger partial charge in [-0.3, -0.25) is 18.7 Å². The summed E-state index contributed by atoms with van der Waals surface area (Å²) >= 11 is 0. The van der Waals surface area contributed by atoms with Crippen molar-refractivity contribution in [3.63, 3.8) is 0 Å². The summed E-state index contributed by atoms with van der Waals surface area (Å²) in [4.78, 5) is 42.6. The van der Waals surface area contributed by atoms with E-state index in [2.05, 4.69) is 10.3 Å². The number of benzene rings is 2. The number of carbonyl (C=O) groups is 1. The molecule has 0 aliphatic heterocycles. The van der Waals surface area contributed by atoms with Crippen molar-refractivity contribution in [2.75, 3.05) is 5.32 Å². The third-order valence-electron chi connectivity index (χ3n) is 5.13. The topological polar surface area (TPSA) is 86.0 Å². The van der Waals surface area contributed by atoms with Crippen LogP contribution in [0.3, 0.4) is 0 Å². The molecule has 0 unspecified atom stereocenters. The smallest absolute Gasteiger partial charge is 0.324 e. The monoisotopic (exact) mass is 400 g/mol. The minimum atomic E-state index is -0.563. The molecular weight excluding hydrogens is 380 g/mol. The Morgan fingerprint density at radius 3 is 2.00 bits per heavy atom. The van der Waals surface area contributed by atoms with Crippen LogP contribution in [0.5, 0.6) is 0 Å². The second-order valence-electron chi connectivity index (χ2n) is 7.01. The number of aryl methyl sites for hydroxylation is 1. The van der Waals surface area contributed by atoms with Crippen molar-refractivity contribution >= 4 is 22.6 Å². The quantitative estimate of drug-likeness (QED) is 0.570. The molecule has 1 N–H and O–H groups in total. The maximum atomic E-state index is 13.4. The Hall–Kier alpha value is -4.00. The Morgan fingerprint density at radius 2 is 1.43 bits per heavy atom. The van der Waals surface area contributed by atoms with Crippen molar-refractivity contribution < 1.29 is 4.79 Å². The largest absolute Gasteiger partial charge is 0.332 e. The Balaban J connectivity index is 1.84. The maximum absolute atomic E-state index is 13.4. The second-order valence-corrected chi connectivity index (χ2v) is 7.01. The molecule has 0 aliphatic carbocycles. The average molecular weight is 400 g/mol. The molecule has 7 heteroatoms. The molecule has 0 bridgehead atoms. The standard InChI is InChI=1S/C23H20N4O3/c1-26-20-19(22(29)27(2)23(26)30)17(13-14-24-20)25-21(28)18(15-9-5-3-6-10-15)16-11-7-4-8-12-16/h3-14,18H,1-2H3,(H,24,25,28). The normalized spacial score (nSPS) is 11.0. The van der Waals surface area contributed by atoms with E-state index in [1.807, 2.05) is 60.7 Å². The van der Waals surface area contributed by atoms with Crippen molar-refractivity contribution in [1.29, 1.82) is 0 Å². The molecule has 2 heterocycles. The van der Waals surface area contributed by atoms with E-state index in [4.69, 9.17) is 0 Å². The number of rotatable bonds is 4. The highest BCUT2D eigenvalue weighted by molar-refractivity contribution is 6.03. The van der Waals surface area contributed by atoms with Gasteiger partial charge in [-0.25, -0.2) is 9.78 Å². The molecule has 4 rings (SSSR count). The van der Waals surface area contributed by atoms with Crippen LogP contribution in [0.2, 0.25) is 0 Å². The predicted octanol–water partition coefficient (Wildman–Crippen LogP) is 2.40. The van der Waals surface area contributed by atoms with Gasteiger partial charge in [0.2, 0.25) is 5.91 Å². The van der Waals surface area contributed by atoms with Crippen molar-refractivity contribution in [1.82, 2.24) is 14.1 Å². The molecular formula is C23H20N4O3. The Labute approximate surface area is 172 Å². The van der Waals surface area contributed by atoms with E-state index in [0.717, 1.165) is 15.7 Å². The van der Waals surface area contributed by atoms with Crippen LogP contribution in [-0.4, -0.2) is 20.0 Å². The first-order chi connectivity index (χ1) is 14.5. The van der Waals surface area contributed by atoms with Crippen LogP contribution >= 0.6 is 0 Å². The Bertz CT molecular complexity index is 1300. The van der Waals surface area contributed by atoms with E-state index < -0.39 is 17.2 Å². The van der Waals surface area contributed by atoms with Gasteiger partial charge in [-0.05, 0) is 17.2 Å². The van der Waals surface area contributed by atoms with Crippen LogP contribution < -0.4 is 16.6 Å². The van der Waals surface area contributed by atoms with E-state index in [1.165, 1.54) is 17.8 Å². The summed E-state index contributed by atoms with van der Waals surface area (Å²) in [6, 6.07) is 20.5. The highest BCUT2D eigenvalue weighted by Crippen LogP contribution is 2.27. The molecule has 0 radical (unpaired) electrons.